The monoisotopic (exact) mass is 642 g/mol. The third-order valence-corrected chi connectivity index (χ3v) is 28.2. The van der Waals surface area contributed by atoms with Crippen molar-refractivity contribution in [3.05, 3.63) is 5.38 Å². The molecule has 37 heavy (non-hydrogen) atoms. The molecule has 0 N–H and O–H groups in total. The number of hydrogen-bond donors (Lipinski definition) is 0. The Hall–Kier alpha value is 0.0987. The first-order chi connectivity index (χ1) is 18.1. The maximum absolute atomic E-state index is 6.98. The van der Waals surface area contributed by atoms with Crippen LogP contribution < -0.4 is 12.4 Å². The van der Waals surface area contributed by atoms with Gasteiger partial charge < -0.3 is 0 Å². The van der Waals surface area contributed by atoms with Crippen molar-refractivity contribution in [2.75, 3.05) is 13.2 Å². The van der Waals surface area contributed by atoms with Crippen molar-refractivity contribution in [3.8, 4) is 11.5 Å². The summed E-state index contributed by atoms with van der Waals surface area (Å²) >= 11 is -0.519. The van der Waals surface area contributed by atoms with Crippen molar-refractivity contribution in [2.24, 2.45) is 5.41 Å². The normalized spacial score (nSPS) is 15.2. The van der Waals surface area contributed by atoms with Crippen molar-refractivity contribution in [1.82, 2.24) is 0 Å². The molecule has 0 aliphatic carbocycles. The second-order valence-electron chi connectivity index (χ2n) is 12.3. The van der Waals surface area contributed by atoms with E-state index >= 15 is 0 Å². The van der Waals surface area contributed by atoms with Crippen LogP contribution in [0, 0.1) is 5.41 Å². The molecule has 2 nitrogen and oxygen atoms in total. The van der Waals surface area contributed by atoms with Gasteiger partial charge in [-0.25, -0.2) is 0 Å². The van der Waals surface area contributed by atoms with Gasteiger partial charge in [0, 0.05) is 0 Å². The molecule has 2 rings (SSSR count). The molecule has 2 heterocycles. The molecule has 0 unspecified atom stereocenters. The van der Waals surface area contributed by atoms with E-state index in [2.05, 4.69) is 40.0 Å². The fourth-order valence-electron chi connectivity index (χ4n) is 6.31. The Morgan fingerprint density at radius 1 is 0.622 bits per heavy atom. The Kier molecular flexibility index (Phi) is 17.3. The molecular formula is C33H62O2SSn. The zero-order valence-electron chi connectivity index (χ0n) is 25.6. The summed E-state index contributed by atoms with van der Waals surface area (Å²) in [4.78, 5) is 0. The molecule has 4 heteroatoms. The first kappa shape index (κ1) is 33.3. The van der Waals surface area contributed by atoms with Gasteiger partial charge in [0.25, 0.3) is 0 Å². The van der Waals surface area contributed by atoms with Gasteiger partial charge in [-0.1, -0.05) is 0 Å². The molecule has 1 aliphatic heterocycles. The predicted molar refractivity (Wildman–Crippen MR) is 169 cm³/mol. The zero-order valence-corrected chi connectivity index (χ0v) is 29.2. The summed E-state index contributed by atoms with van der Waals surface area (Å²) in [5.74, 6) is 2.33. The average Bonchev–Trinajstić information content (AvgIpc) is 3.25. The van der Waals surface area contributed by atoms with E-state index in [-0.39, 0.29) is 5.41 Å². The second kappa shape index (κ2) is 19.2. The van der Waals surface area contributed by atoms with E-state index in [1.54, 1.807) is 2.89 Å². The van der Waals surface area contributed by atoms with Crippen molar-refractivity contribution in [1.29, 1.82) is 0 Å². The predicted octanol–water partition coefficient (Wildman–Crippen LogP) is 11.3. The van der Waals surface area contributed by atoms with Crippen LogP contribution in [-0.2, 0) is 0 Å². The van der Waals surface area contributed by atoms with Crippen LogP contribution in [0.3, 0.4) is 0 Å². The second-order valence-corrected chi connectivity index (χ2v) is 27.2. The van der Waals surface area contributed by atoms with Crippen LogP contribution >= 0.6 is 11.3 Å². The van der Waals surface area contributed by atoms with Gasteiger partial charge in [-0.3, -0.25) is 0 Å². The number of ether oxygens (including phenoxy) is 2. The summed E-state index contributed by atoms with van der Waals surface area (Å²) in [5, 5.41) is 2.35. The van der Waals surface area contributed by atoms with Crippen molar-refractivity contribution in [2.45, 2.75) is 164 Å². The minimum atomic E-state index is -2.55. The van der Waals surface area contributed by atoms with E-state index in [0.717, 1.165) is 19.0 Å². The van der Waals surface area contributed by atoms with Crippen molar-refractivity contribution in [3.63, 3.8) is 0 Å². The van der Waals surface area contributed by atoms with E-state index in [1.807, 2.05) is 11.3 Å². The van der Waals surface area contributed by atoms with Crippen LogP contribution in [0.4, 0.5) is 0 Å². The van der Waals surface area contributed by atoms with Gasteiger partial charge in [-0.05, 0) is 0 Å². The molecule has 0 spiro atoms. The van der Waals surface area contributed by atoms with Crippen LogP contribution in [0.25, 0.3) is 0 Å². The molecule has 0 radical (unpaired) electrons. The molecular weight excluding hydrogens is 579 g/mol. The molecule has 0 amide bonds. The first-order valence-corrected chi connectivity index (χ1v) is 24.8. The molecule has 0 saturated heterocycles. The molecule has 216 valence electrons. The Balaban J connectivity index is 2.23. The molecule has 0 atom stereocenters. The summed E-state index contributed by atoms with van der Waals surface area (Å²) < 4.78 is 19.9. The first-order valence-electron chi connectivity index (χ1n) is 16.5. The number of rotatable bonds is 22. The zero-order chi connectivity index (χ0) is 26.8. The van der Waals surface area contributed by atoms with Gasteiger partial charge in [0.2, 0.25) is 0 Å². The third kappa shape index (κ3) is 10.9. The van der Waals surface area contributed by atoms with Crippen molar-refractivity contribution >= 4 is 32.6 Å². The van der Waals surface area contributed by atoms with Crippen LogP contribution in [-0.4, -0.2) is 31.6 Å². The van der Waals surface area contributed by atoms with E-state index in [0.29, 0.717) is 0 Å². The van der Waals surface area contributed by atoms with Gasteiger partial charge in [0.15, 0.2) is 0 Å². The van der Waals surface area contributed by atoms with E-state index in [9.17, 15) is 0 Å². The van der Waals surface area contributed by atoms with Gasteiger partial charge >= 0.3 is 241 Å². The Morgan fingerprint density at radius 2 is 1.08 bits per heavy atom. The number of hydrogen-bond acceptors (Lipinski definition) is 3. The van der Waals surface area contributed by atoms with E-state index in [1.165, 1.54) is 135 Å². The van der Waals surface area contributed by atoms with E-state index < -0.39 is 18.4 Å². The van der Waals surface area contributed by atoms with E-state index in [4.69, 9.17) is 9.47 Å². The average molecular weight is 642 g/mol. The topological polar surface area (TPSA) is 18.5 Å². The summed E-state index contributed by atoms with van der Waals surface area (Å²) in [5.41, 5.74) is 0.195. The molecule has 0 bridgehead atoms. The molecule has 0 aromatic carbocycles. The molecule has 0 saturated carbocycles. The molecule has 1 aromatic heterocycles. The fraction of sp³-hybridized carbons (Fsp3) is 0.879. The fourth-order valence-corrected chi connectivity index (χ4v) is 26.8. The summed E-state index contributed by atoms with van der Waals surface area (Å²) in [7, 11) is 0. The van der Waals surface area contributed by atoms with Crippen LogP contribution in [0.1, 0.15) is 150 Å². The summed E-state index contributed by atoms with van der Waals surface area (Å²) in [6.45, 7) is 13.5. The quantitative estimate of drug-likeness (QED) is 0.0927. The van der Waals surface area contributed by atoms with Gasteiger partial charge in [0.05, 0.1) is 0 Å². The van der Waals surface area contributed by atoms with Crippen molar-refractivity contribution < 1.29 is 9.47 Å². The Bertz CT molecular complexity index is 665. The molecule has 1 aromatic rings. The van der Waals surface area contributed by atoms with Gasteiger partial charge in [0.1, 0.15) is 0 Å². The molecule has 0 fully saturated rings. The summed E-state index contributed by atoms with van der Waals surface area (Å²) in [6.07, 6.45) is 24.2. The standard InChI is InChI=1S/C21H35O2S.3C4H9.Sn/c1-3-5-7-9-11-13-21(14-12-10-8-6-4-2)17-22-19-15-24-16-20(19)23-18-21;3*1-3-4-2;/h15H,3-14,17-18H2,1-2H3;3*1,3-4H2,2H3;. The van der Waals surface area contributed by atoms with Gasteiger partial charge in [-0.15, -0.1) is 0 Å². The van der Waals surface area contributed by atoms with Crippen LogP contribution in [0.5, 0.6) is 11.5 Å². The third-order valence-electron chi connectivity index (χ3n) is 8.90. The Morgan fingerprint density at radius 3 is 1.57 bits per heavy atom. The number of fused-ring (bicyclic) bond motifs is 1. The van der Waals surface area contributed by atoms with Crippen LogP contribution in [0.2, 0.25) is 13.3 Å². The minimum absolute atomic E-state index is 0.195. The Labute approximate surface area is 239 Å². The van der Waals surface area contributed by atoms with Crippen LogP contribution in [0.15, 0.2) is 5.38 Å². The SMILES string of the molecule is CCCCCCCC1(CCCCCCC)COc2cs[c]([Sn]([CH2]CCC)([CH2]CCC)[CH2]CCC)c2OC1. The summed E-state index contributed by atoms with van der Waals surface area (Å²) in [6, 6.07) is 0. The number of thiophene rings is 1. The number of unbranched alkanes of at least 4 members (excludes halogenated alkanes) is 11. The maximum atomic E-state index is 6.98. The molecule has 1 aliphatic rings. The van der Waals surface area contributed by atoms with Gasteiger partial charge in [-0.2, -0.15) is 0 Å².